The van der Waals surface area contributed by atoms with Crippen molar-refractivity contribution in [1.29, 1.82) is 5.26 Å². The predicted molar refractivity (Wildman–Crippen MR) is 57.6 cm³/mol. The van der Waals surface area contributed by atoms with Crippen molar-refractivity contribution in [3.63, 3.8) is 0 Å². The van der Waals surface area contributed by atoms with Gasteiger partial charge in [0.25, 0.3) is 0 Å². The third-order valence-electron chi connectivity index (χ3n) is 4.18. The van der Waals surface area contributed by atoms with Gasteiger partial charge in [-0.3, -0.25) is 0 Å². The highest BCUT2D eigenvalue weighted by atomic mass is 14.4. The Labute approximate surface area is 87.5 Å². The first-order chi connectivity index (χ1) is 6.78. The van der Waals surface area contributed by atoms with Gasteiger partial charge in [0.1, 0.15) is 0 Å². The van der Waals surface area contributed by atoms with E-state index in [-0.39, 0.29) is 0 Å². The van der Waals surface area contributed by atoms with Crippen molar-refractivity contribution in [3.8, 4) is 6.07 Å². The minimum atomic E-state index is 0.389. The average molecular weight is 191 g/mol. The zero-order valence-corrected chi connectivity index (χ0v) is 9.21. The second-order valence-electron chi connectivity index (χ2n) is 5.53. The van der Waals surface area contributed by atoms with Crippen molar-refractivity contribution in [2.45, 2.75) is 51.9 Å². The Morgan fingerprint density at radius 2 is 1.79 bits per heavy atom. The molecule has 2 aliphatic carbocycles. The highest BCUT2D eigenvalue weighted by Gasteiger charge is 2.28. The number of hydrogen-bond acceptors (Lipinski definition) is 1. The lowest BCUT2D eigenvalue weighted by molar-refractivity contribution is 0.187. The fraction of sp³-hybridized carbons (Fsp3) is 0.923. The van der Waals surface area contributed by atoms with E-state index >= 15 is 0 Å². The SMILES string of the molecule is CC1CC(CCC2CC[C@H](C#N)C2)C1. The van der Waals surface area contributed by atoms with Crippen LogP contribution in [0.1, 0.15) is 51.9 Å². The maximum Gasteiger partial charge on any atom is 0.0655 e. The number of rotatable bonds is 3. The van der Waals surface area contributed by atoms with E-state index in [1.807, 2.05) is 0 Å². The summed E-state index contributed by atoms with van der Waals surface area (Å²) in [6.45, 7) is 2.36. The van der Waals surface area contributed by atoms with Crippen molar-refractivity contribution >= 4 is 0 Å². The quantitative estimate of drug-likeness (QED) is 0.666. The molecule has 0 N–H and O–H groups in total. The molecule has 0 spiro atoms. The molecule has 2 aliphatic rings. The molecule has 0 saturated heterocycles. The summed E-state index contributed by atoms with van der Waals surface area (Å²) in [6.07, 6.45) is 9.45. The molecule has 0 radical (unpaired) electrons. The molecule has 0 heterocycles. The van der Waals surface area contributed by atoms with E-state index in [2.05, 4.69) is 13.0 Å². The molecule has 1 heteroatoms. The third kappa shape index (κ3) is 2.29. The van der Waals surface area contributed by atoms with Crippen molar-refractivity contribution in [2.75, 3.05) is 0 Å². The van der Waals surface area contributed by atoms with Gasteiger partial charge in [-0.1, -0.05) is 19.8 Å². The fourth-order valence-corrected chi connectivity index (χ4v) is 3.23. The van der Waals surface area contributed by atoms with Crippen LogP contribution in [0.25, 0.3) is 0 Å². The molecule has 0 bridgehead atoms. The highest BCUT2D eigenvalue weighted by molar-refractivity contribution is 4.90. The molecular formula is C13H21N. The molecule has 0 aliphatic heterocycles. The normalized spacial score (nSPS) is 41.7. The van der Waals surface area contributed by atoms with E-state index in [0.717, 1.165) is 17.8 Å². The summed E-state index contributed by atoms with van der Waals surface area (Å²) in [6, 6.07) is 2.42. The van der Waals surface area contributed by atoms with E-state index in [1.165, 1.54) is 44.9 Å². The van der Waals surface area contributed by atoms with Crippen molar-refractivity contribution in [2.24, 2.45) is 23.7 Å². The third-order valence-corrected chi connectivity index (χ3v) is 4.18. The summed E-state index contributed by atoms with van der Waals surface area (Å²) in [5.74, 6) is 3.30. The van der Waals surface area contributed by atoms with E-state index in [1.54, 1.807) is 0 Å². The molecule has 2 saturated carbocycles. The van der Waals surface area contributed by atoms with Crippen LogP contribution >= 0.6 is 0 Å². The predicted octanol–water partition coefficient (Wildman–Crippen LogP) is 3.75. The van der Waals surface area contributed by atoms with E-state index < -0.39 is 0 Å². The van der Waals surface area contributed by atoms with Gasteiger partial charge in [-0.2, -0.15) is 5.26 Å². The summed E-state index contributed by atoms with van der Waals surface area (Å²) in [5, 5.41) is 8.80. The fourth-order valence-electron chi connectivity index (χ4n) is 3.23. The Morgan fingerprint density at radius 1 is 1.07 bits per heavy atom. The number of nitriles is 1. The average Bonchev–Trinajstić information content (AvgIpc) is 2.58. The Hall–Kier alpha value is -0.510. The summed E-state index contributed by atoms with van der Waals surface area (Å²) >= 11 is 0. The van der Waals surface area contributed by atoms with Crippen LogP contribution < -0.4 is 0 Å². The molecule has 78 valence electrons. The monoisotopic (exact) mass is 191 g/mol. The van der Waals surface area contributed by atoms with Crippen LogP contribution in [0.15, 0.2) is 0 Å². The lowest BCUT2D eigenvalue weighted by Gasteiger charge is -2.33. The van der Waals surface area contributed by atoms with E-state index in [9.17, 15) is 0 Å². The van der Waals surface area contributed by atoms with Gasteiger partial charge >= 0.3 is 0 Å². The maximum atomic E-state index is 8.80. The standard InChI is InChI=1S/C13H21N/c1-10-6-12(7-10)4-2-11-3-5-13(8-11)9-14/h10-13H,2-8H2,1H3/t10?,11?,12?,13-/m0/s1. The molecule has 0 amide bonds. The van der Waals surface area contributed by atoms with Gasteiger partial charge in [0.05, 0.1) is 6.07 Å². The first-order valence-corrected chi connectivity index (χ1v) is 6.17. The molecule has 0 aromatic heterocycles. The van der Waals surface area contributed by atoms with Crippen LogP contribution in [0.5, 0.6) is 0 Å². The zero-order valence-electron chi connectivity index (χ0n) is 9.21. The molecule has 2 atom stereocenters. The second kappa shape index (κ2) is 4.34. The maximum absolute atomic E-state index is 8.80. The summed E-state index contributed by atoms with van der Waals surface area (Å²) in [7, 11) is 0. The van der Waals surface area contributed by atoms with E-state index in [4.69, 9.17) is 5.26 Å². The minimum absolute atomic E-state index is 0.389. The minimum Gasteiger partial charge on any atom is -0.198 e. The summed E-state index contributed by atoms with van der Waals surface area (Å²) < 4.78 is 0. The molecule has 14 heavy (non-hydrogen) atoms. The van der Waals surface area contributed by atoms with Gasteiger partial charge in [0.2, 0.25) is 0 Å². The Bertz CT molecular complexity index is 222. The van der Waals surface area contributed by atoms with Gasteiger partial charge in [-0.15, -0.1) is 0 Å². The largest absolute Gasteiger partial charge is 0.198 e. The number of nitrogens with zero attached hydrogens (tertiary/aromatic N) is 1. The first kappa shape index (κ1) is 10.0. The molecule has 2 rings (SSSR count). The van der Waals surface area contributed by atoms with Crippen LogP contribution in [0.3, 0.4) is 0 Å². The highest BCUT2D eigenvalue weighted by Crippen LogP contribution is 2.40. The van der Waals surface area contributed by atoms with Gasteiger partial charge in [-0.25, -0.2) is 0 Å². The van der Waals surface area contributed by atoms with Gasteiger partial charge in [0.15, 0.2) is 0 Å². The van der Waals surface area contributed by atoms with Gasteiger partial charge in [0, 0.05) is 5.92 Å². The summed E-state index contributed by atoms with van der Waals surface area (Å²) in [5.41, 5.74) is 0. The summed E-state index contributed by atoms with van der Waals surface area (Å²) in [4.78, 5) is 0. The molecule has 1 nitrogen and oxygen atoms in total. The van der Waals surface area contributed by atoms with Crippen molar-refractivity contribution in [3.05, 3.63) is 0 Å². The van der Waals surface area contributed by atoms with Crippen molar-refractivity contribution < 1.29 is 0 Å². The van der Waals surface area contributed by atoms with Crippen LogP contribution in [0.4, 0.5) is 0 Å². The Kier molecular flexibility index (Phi) is 3.11. The van der Waals surface area contributed by atoms with Crippen LogP contribution in [0, 0.1) is 35.0 Å². The Balaban J connectivity index is 1.61. The molecule has 1 unspecified atom stereocenters. The van der Waals surface area contributed by atoms with Crippen molar-refractivity contribution in [1.82, 2.24) is 0 Å². The molecule has 0 aromatic rings. The smallest absolute Gasteiger partial charge is 0.0655 e. The van der Waals surface area contributed by atoms with Crippen LogP contribution in [-0.4, -0.2) is 0 Å². The van der Waals surface area contributed by atoms with E-state index in [0.29, 0.717) is 5.92 Å². The Morgan fingerprint density at radius 3 is 2.36 bits per heavy atom. The molecule has 0 aromatic carbocycles. The molecular weight excluding hydrogens is 170 g/mol. The van der Waals surface area contributed by atoms with Gasteiger partial charge in [-0.05, 0) is 49.9 Å². The van der Waals surface area contributed by atoms with Gasteiger partial charge < -0.3 is 0 Å². The van der Waals surface area contributed by atoms with Crippen LogP contribution in [-0.2, 0) is 0 Å². The zero-order chi connectivity index (χ0) is 9.97. The first-order valence-electron chi connectivity index (χ1n) is 6.17. The second-order valence-corrected chi connectivity index (χ2v) is 5.53. The van der Waals surface area contributed by atoms with Crippen LogP contribution in [0.2, 0.25) is 0 Å². The lowest BCUT2D eigenvalue weighted by Crippen LogP contribution is -2.21. The number of hydrogen-bond donors (Lipinski definition) is 0. The topological polar surface area (TPSA) is 23.8 Å². The molecule has 2 fully saturated rings. The lowest BCUT2D eigenvalue weighted by atomic mass is 9.73.